The highest BCUT2D eigenvalue weighted by atomic mass is 32.2. The SMILES string of the molecule is Cc1ccc(S(=O)(=O)n2ccc3c(C=O)c(C(C)C)cc(C)c32)cc1. The van der Waals surface area contributed by atoms with Crippen molar-refractivity contribution in [2.75, 3.05) is 0 Å². The van der Waals surface area contributed by atoms with Crippen LogP contribution in [-0.4, -0.2) is 18.7 Å². The Balaban J connectivity index is 2.32. The first-order valence-corrected chi connectivity index (χ1v) is 9.63. The summed E-state index contributed by atoms with van der Waals surface area (Å²) in [5, 5.41) is 0.675. The molecule has 3 aromatic rings. The lowest BCUT2D eigenvalue weighted by Gasteiger charge is -2.14. The van der Waals surface area contributed by atoms with Crippen molar-refractivity contribution < 1.29 is 13.2 Å². The van der Waals surface area contributed by atoms with E-state index in [2.05, 4.69) is 0 Å². The van der Waals surface area contributed by atoms with Crippen molar-refractivity contribution in [2.24, 2.45) is 0 Å². The Morgan fingerprint density at radius 3 is 2.24 bits per heavy atom. The average molecular weight is 355 g/mol. The lowest BCUT2D eigenvalue weighted by molar-refractivity contribution is 0.112. The molecule has 0 aliphatic heterocycles. The largest absolute Gasteiger partial charge is 0.298 e. The van der Waals surface area contributed by atoms with Gasteiger partial charge in [0.05, 0.1) is 10.4 Å². The van der Waals surface area contributed by atoms with E-state index in [1.807, 2.05) is 33.8 Å². The van der Waals surface area contributed by atoms with E-state index in [0.717, 1.165) is 23.0 Å². The van der Waals surface area contributed by atoms with Crippen LogP contribution >= 0.6 is 0 Å². The third-order valence-electron chi connectivity index (χ3n) is 4.52. The number of aryl methyl sites for hydroxylation is 2. The van der Waals surface area contributed by atoms with Gasteiger partial charge in [-0.25, -0.2) is 12.4 Å². The number of hydrogen-bond acceptors (Lipinski definition) is 3. The van der Waals surface area contributed by atoms with Crippen molar-refractivity contribution in [1.29, 1.82) is 0 Å². The zero-order chi connectivity index (χ0) is 18.4. The van der Waals surface area contributed by atoms with Gasteiger partial charge in [0.2, 0.25) is 0 Å². The van der Waals surface area contributed by atoms with E-state index in [9.17, 15) is 13.2 Å². The van der Waals surface area contributed by atoms with Crippen LogP contribution in [0.3, 0.4) is 0 Å². The highest BCUT2D eigenvalue weighted by Crippen LogP contribution is 2.32. The molecule has 0 saturated heterocycles. The van der Waals surface area contributed by atoms with Crippen molar-refractivity contribution in [3.63, 3.8) is 0 Å². The van der Waals surface area contributed by atoms with E-state index in [4.69, 9.17) is 0 Å². The van der Waals surface area contributed by atoms with Crippen LogP contribution in [0.1, 0.15) is 46.8 Å². The Morgan fingerprint density at radius 1 is 1.04 bits per heavy atom. The Morgan fingerprint density at radius 2 is 1.68 bits per heavy atom. The quantitative estimate of drug-likeness (QED) is 0.651. The fraction of sp³-hybridized carbons (Fsp3) is 0.250. The molecular formula is C20H21NO3S. The second-order valence-corrected chi connectivity index (χ2v) is 8.48. The molecule has 0 fully saturated rings. The number of aldehydes is 1. The molecular weight excluding hydrogens is 334 g/mol. The number of carbonyl (C=O) groups is 1. The Hall–Kier alpha value is -2.40. The summed E-state index contributed by atoms with van der Waals surface area (Å²) in [5.74, 6) is 0.181. The maximum atomic E-state index is 13.1. The van der Waals surface area contributed by atoms with E-state index >= 15 is 0 Å². The number of hydrogen-bond donors (Lipinski definition) is 0. The molecule has 0 atom stereocenters. The van der Waals surface area contributed by atoms with Gasteiger partial charge in [0, 0.05) is 17.1 Å². The van der Waals surface area contributed by atoms with E-state index in [1.54, 1.807) is 30.3 Å². The van der Waals surface area contributed by atoms with Crippen molar-refractivity contribution in [3.8, 4) is 0 Å². The Labute approximate surface area is 148 Å². The van der Waals surface area contributed by atoms with Crippen LogP contribution in [0.2, 0.25) is 0 Å². The predicted molar refractivity (Wildman–Crippen MR) is 99.9 cm³/mol. The molecule has 4 nitrogen and oxygen atoms in total. The minimum Gasteiger partial charge on any atom is -0.298 e. The molecule has 0 spiro atoms. The second-order valence-electron chi connectivity index (χ2n) is 6.66. The second kappa shape index (κ2) is 6.15. The van der Waals surface area contributed by atoms with Gasteiger partial charge in [0.15, 0.2) is 6.29 Å². The maximum Gasteiger partial charge on any atom is 0.268 e. The predicted octanol–water partition coefficient (Wildman–Crippen LogP) is 4.43. The molecule has 0 unspecified atom stereocenters. The third-order valence-corrected chi connectivity index (χ3v) is 6.21. The van der Waals surface area contributed by atoms with E-state index in [1.165, 1.54) is 10.2 Å². The van der Waals surface area contributed by atoms with Gasteiger partial charge < -0.3 is 0 Å². The Kier molecular flexibility index (Phi) is 4.29. The molecule has 1 heterocycles. The van der Waals surface area contributed by atoms with Gasteiger partial charge in [-0.2, -0.15) is 0 Å². The molecule has 0 saturated carbocycles. The van der Waals surface area contributed by atoms with Gasteiger partial charge in [-0.05, 0) is 49.1 Å². The minimum absolute atomic E-state index is 0.181. The molecule has 0 aliphatic rings. The summed E-state index contributed by atoms with van der Waals surface area (Å²) in [4.78, 5) is 11.9. The molecule has 0 N–H and O–H groups in total. The molecule has 5 heteroatoms. The molecule has 0 radical (unpaired) electrons. The van der Waals surface area contributed by atoms with Gasteiger partial charge in [0.1, 0.15) is 0 Å². The smallest absolute Gasteiger partial charge is 0.268 e. The summed E-state index contributed by atoms with van der Waals surface area (Å²) in [7, 11) is -3.72. The van der Waals surface area contributed by atoms with Crippen LogP contribution in [0.5, 0.6) is 0 Å². The number of benzene rings is 2. The molecule has 130 valence electrons. The molecule has 1 aromatic heterocycles. The summed E-state index contributed by atoms with van der Waals surface area (Å²) in [6.45, 7) is 7.83. The molecule has 0 bridgehead atoms. The minimum atomic E-state index is -3.72. The van der Waals surface area contributed by atoms with Gasteiger partial charge in [-0.15, -0.1) is 0 Å². The summed E-state index contributed by atoms with van der Waals surface area (Å²) in [5.41, 5.74) is 3.90. The van der Waals surface area contributed by atoms with Gasteiger partial charge in [0.25, 0.3) is 10.0 Å². The highest BCUT2D eigenvalue weighted by molar-refractivity contribution is 7.90. The molecule has 3 rings (SSSR count). The zero-order valence-electron chi connectivity index (χ0n) is 14.8. The van der Waals surface area contributed by atoms with Gasteiger partial charge >= 0.3 is 0 Å². The zero-order valence-corrected chi connectivity index (χ0v) is 15.6. The topological polar surface area (TPSA) is 56.1 Å². The summed E-state index contributed by atoms with van der Waals surface area (Å²) in [6, 6.07) is 10.4. The van der Waals surface area contributed by atoms with Crippen molar-refractivity contribution in [1.82, 2.24) is 3.97 Å². The average Bonchev–Trinajstić information content (AvgIpc) is 3.01. The number of fused-ring (bicyclic) bond motifs is 1. The first-order valence-electron chi connectivity index (χ1n) is 8.19. The van der Waals surface area contributed by atoms with Gasteiger partial charge in [-0.3, -0.25) is 4.79 Å². The van der Waals surface area contributed by atoms with Gasteiger partial charge in [-0.1, -0.05) is 37.6 Å². The van der Waals surface area contributed by atoms with E-state index < -0.39 is 10.0 Å². The first kappa shape index (κ1) is 17.4. The standard InChI is InChI=1S/C20H21NO3S/c1-13(2)18-11-15(4)20-17(19(18)12-22)9-10-21(20)25(23,24)16-7-5-14(3)6-8-16/h5-13H,1-4H3. The fourth-order valence-electron chi connectivity index (χ4n) is 3.19. The first-order chi connectivity index (χ1) is 11.8. The van der Waals surface area contributed by atoms with Crippen molar-refractivity contribution in [3.05, 3.63) is 64.8 Å². The highest BCUT2D eigenvalue weighted by Gasteiger charge is 2.22. The number of aromatic nitrogens is 1. The number of carbonyl (C=O) groups excluding carboxylic acids is 1. The monoisotopic (exact) mass is 355 g/mol. The number of rotatable bonds is 4. The van der Waals surface area contributed by atoms with Crippen LogP contribution in [0.4, 0.5) is 0 Å². The molecule has 0 amide bonds. The molecule has 25 heavy (non-hydrogen) atoms. The fourth-order valence-corrected chi connectivity index (χ4v) is 4.60. The lowest BCUT2D eigenvalue weighted by Crippen LogP contribution is -2.12. The maximum absolute atomic E-state index is 13.1. The van der Waals surface area contributed by atoms with Crippen molar-refractivity contribution in [2.45, 2.75) is 38.5 Å². The van der Waals surface area contributed by atoms with Crippen LogP contribution in [0.25, 0.3) is 10.9 Å². The summed E-state index contributed by atoms with van der Waals surface area (Å²) >= 11 is 0. The summed E-state index contributed by atoms with van der Waals surface area (Å²) in [6.07, 6.45) is 2.35. The molecule has 2 aromatic carbocycles. The van der Waals surface area contributed by atoms with Crippen LogP contribution < -0.4 is 0 Å². The van der Waals surface area contributed by atoms with E-state index in [-0.39, 0.29) is 10.8 Å². The van der Waals surface area contributed by atoms with E-state index in [0.29, 0.717) is 16.5 Å². The Bertz CT molecular complexity index is 1060. The normalized spacial score (nSPS) is 12.0. The van der Waals surface area contributed by atoms with Crippen LogP contribution in [-0.2, 0) is 10.0 Å². The van der Waals surface area contributed by atoms with Crippen LogP contribution in [0.15, 0.2) is 47.5 Å². The number of nitrogens with zero attached hydrogens (tertiary/aromatic N) is 1. The lowest BCUT2D eigenvalue weighted by atomic mass is 9.93. The summed E-state index contributed by atoms with van der Waals surface area (Å²) < 4.78 is 27.4. The van der Waals surface area contributed by atoms with Crippen molar-refractivity contribution >= 4 is 27.2 Å². The van der Waals surface area contributed by atoms with Crippen LogP contribution in [0, 0.1) is 13.8 Å². The third kappa shape index (κ3) is 2.78. The molecule has 0 aliphatic carbocycles.